The first-order valence-electron chi connectivity index (χ1n) is 14.1. The number of amides is 1. The zero-order valence-corrected chi connectivity index (χ0v) is 22.2. The molecule has 0 radical (unpaired) electrons. The highest BCUT2D eigenvalue weighted by atomic mass is 16.5. The average molecular weight is 480 g/mol. The SMILES string of the molecule is CCCCCCCCCCCCCCCCCCOC(=O)NC1(COCC(C)O)C=CC=CC1. The Kier molecular flexibility index (Phi) is 19.0. The van der Waals surface area contributed by atoms with Crippen LogP contribution >= 0.6 is 0 Å². The van der Waals surface area contributed by atoms with Gasteiger partial charge in [0.05, 0.1) is 31.5 Å². The van der Waals surface area contributed by atoms with Crippen LogP contribution < -0.4 is 5.32 Å². The first-order valence-corrected chi connectivity index (χ1v) is 14.1. The van der Waals surface area contributed by atoms with Crippen molar-refractivity contribution in [2.45, 2.75) is 135 Å². The Balaban J connectivity index is 1.94. The van der Waals surface area contributed by atoms with Crippen molar-refractivity contribution >= 4 is 6.09 Å². The van der Waals surface area contributed by atoms with Crippen LogP contribution in [0.15, 0.2) is 24.3 Å². The predicted molar refractivity (Wildman–Crippen MR) is 142 cm³/mol. The van der Waals surface area contributed by atoms with Crippen LogP contribution in [0.3, 0.4) is 0 Å². The Morgan fingerprint density at radius 3 is 1.88 bits per heavy atom. The maximum absolute atomic E-state index is 12.3. The molecular weight excluding hydrogens is 426 g/mol. The van der Waals surface area contributed by atoms with Gasteiger partial charge in [-0.15, -0.1) is 0 Å². The fourth-order valence-electron chi connectivity index (χ4n) is 4.37. The molecule has 1 aliphatic carbocycles. The zero-order valence-electron chi connectivity index (χ0n) is 22.2. The van der Waals surface area contributed by atoms with Gasteiger partial charge in [-0.1, -0.05) is 128 Å². The summed E-state index contributed by atoms with van der Waals surface area (Å²) in [5.74, 6) is 0. The molecule has 2 atom stereocenters. The number of aliphatic hydroxyl groups is 1. The van der Waals surface area contributed by atoms with Crippen molar-refractivity contribution in [1.82, 2.24) is 5.32 Å². The monoisotopic (exact) mass is 479 g/mol. The quantitative estimate of drug-likeness (QED) is 0.157. The Bertz CT molecular complexity index is 546. The van der Waals surface area contributed by atoms with Crippen LogP contribution in [0, 0.1) is 0 Å². The van der Waals surface area contributed by atoms with E-state index in [0.29, 0.717) is 19.6 Å². The van der Waals surface area contributed by atoms with E-state index in [0.717, 1.165) is 12.8 Å². The molecule has 1 aliphatic rings. The summed E-state index contributed by atoms with van der Waals surface area (Å²) >= 11 is 0. The molecule has 0 aromatic rings. The second kappa shape index (κ2) is 21.0. The van der Waals surface area contributed by atoms with Crippen LogP contribution in [0.1, 0.15) is 123 Å². The molecular formula is C29H53NO4. The van der Waals surface area contributed by atoms with E-state index in [9.17, 15) is 9.90 Å². The summed E-state index contributed by atoms with van der Waals surface area (Å²) in [6.07, 6.45) is 28.8. The number of alkyl carbamates (subject to hydrolysis) is 1. The lowest BCUT2D eigenvalue weighted by Crippen LogP contribution is -2.51. The molecule has 2 N–H and O–H groups in total. The number of hydrogen-bond acceptors (Lipinski definition) is 4. The smallest absolute Gasteiger partial charge is 0.407 e. The third kappa shape index (κ3) is 17.2. The molecule has 0 bridgehead atoms. The summed E-state index contributed by atoms with van der Waals surface area (Å²) in [5, 5.41) is 12.3. The Hall–Kier alpha value is -1.33. The normalized spacial score (nSPS) is 18.2. The van der Waals surface area contributed by atoms with E-state index < -0.39 is 17.7 Å². The van der Waals surface area contributed by atoms with Gasteiger partial charge >= 0.3 is 6.09 Å². The van der Waals surface area contributed by atoms with E-state index in [1.54, 1.807) is 6.92 Å². The van der Waals surface area contributed by atoms with Crippen LogP contribution in [0.2, 0.25) is 0 Å². The largest absolute Gasteiger partial charge is 0.450 e. The number of nitrogens with one attached hydrogen (secondary N) is 1. The molecule has 0 saturated heterocycles. The van der Waals surface area contributed by atoms with E-state index in [-0.39, 0.29) is 6.61 Å². The molecule has 2 unspecified atom stereocenters. The highest BCUT2D eigenvalue weighted by Gasteiger charge is 2.30. The first-order chi connectivity index (χ1) is 16.6. The Morgan fingerprint density at radius 2 is 1.41 bits per heavy atom. The molecule has 1 amide bonds. The first kappa shape index (κ1) is 30.7. The summed E-state index contributed by atoms with van der Waals surface area (Å²) in [6.45, 7) is 4.97. The van der Waals surface area contributed by atoms with Gasteiger partial charge in [0.2, 0.25) is 0 Å². The van der Waals surface area contributed by atoms with Crippen molar-refractivity contribution in [3.63, 3.8) is 0 Å². The molecule has 0 fully saturated rings. The van der Waals surface area contributed by atoms with Crippen molar-refractivity contribution in [1.29, 1.82) is 0 Å². The van der Waals surface area contributed by atoms with Gasteiger partial charge < -0.3 is 19.9 Å². The highest BCUT2D eigenvalue weighted by Crippen LogP contribution is 2.19. The lowest BCUT2D eigenvalue weighted by atomic mass is 9.92. The van der Waals surface area contributed by atoms with Gasteiger partial charge in [0.15, 0.2) is 0 Å². The van der Waals surface area contributed by atoms with E-state index in [4.69, 9.17) is 9.47 Å². The lowest BCUT2D eigenvalue weighted by Gasteiger charge is -2.31. The number of aliphatic hydroxyl groups excluding tert-OH is 1. The third-order valence-electron chi connectivity index (χ3n) is 6.45. The number of rotatable bonds is 22. The molecule has 0 saturated carbocycles. The van der Waals surface area contributed by atoms with Crippen LogP contribution in [0.4, 0.5) is 4.79 Å². The number of carbonyl (C=O) groups excluding carboxylic acids is 1. The van der Waals surface area contributed by atoms with Crippen LogP contribution in [-0.2, 0) is 9.47 Å². The van der Waals surface area contributed by atoms with Crippen LogP contribution in [-0.4, -0.2) is 42.7 Å². The standard InChI is InChI=1S/C29H53NO4/c1-3-4-5-6-7-8-9-10-11-12-13-14-15-16-17-21-24-34-28(32)30-29(22-19-18-20-23-29)26-33-25-27(2)31/h18-20,22,27,31H,3-17,21,23-26H2,1-2H3,(H,30,32). The van der Waals surface area contributed by atoms with E-state index >= 15 is 0 Å². The molecule has 0 aliphatic heterocycles. The van der Waals surface area contributed by atoms with Gasteiger partial charge in [-0.25, -0.2) is 4.79 Å². The van der Waals surface area contributed by atoms with Crippen molar-refractivity contribution in [2.75, 3.05) is 19.8 Å². The molecule has 0 aromatic heterocycles. The molecule has 0 spiro atoms. The lowest BCUT2D eigenvalue weighted by molar-refractivity contribution is 0.0227. The Labute approximate surface area is 209 Å². The van der Waals surface area contributed by atoms with E-state index in [1.807, 2.05) is 24.3 Å². The number of allylic oxidation sites excluding steroid dienone is 2. The van der Waals surface area contributed by atoms with Gasteiger partial charge in [0.1, 0.15) is 0 Å². The zero-order chi connectivity index (χ0) is 24.7. The minimum Gasteiger partial charge on any atom is -0.450 e. The highest BCUT2D eigenvalue weighted by molar-refractivity contribution is 5.69. The fourth-order valence-corrected chi connectivity index (χ4v) is 4.37. The van der Waals surface area contributed by atoms with E-state index in [2.05, 4.69) is 12.2 Å². The maximum Gasteiger partial charge on any atom is 0.407 e. The summed E-state index contributed by atoms with van der Waals surface area (Å²) in [5.41, 5.74) is -0.602. The van der Waals surface area contributed by atoms with Gasteiger partial charge in [-0.05, 0) is 19.8 Å². The molecule has 0 aromatic carbocycles. The maximum atomic E-state index is 12.3. The molecule has 5 nitrogen and oxygen atoms in total. The van der Waals surface area contributed by atoms with Crippen molar-refractivity contribution < 1.29 is 19.4 Å². The molecule has 5 heteroatoms. The van der Waals surface area contributed by atoms with Gasteiger partial charge in [0, 0.05) is 0 Å². The van der Waals surface area contributed by atoms with E-state index in [1.165, 1.54) is 89.9 Å². The molecule has 34 heavy (non-hydrogen) atoms. The summed E-state index contributed by atoms with van der Waals surface area (Å²) in [7, 11) is 0. The van der Waals surface area contributed by atoms with Gasteiger partial charge in [0.25, 0.3) is 0 Å². The fraction of sp³-hybridized carbons (Fsp3) is 0.828. The Morgan fingerprint density at radius 1 is 0.882 bits per heavy atom. The van der Waals surface area contributed by atoms with Crippen molar-refractivity contribution in [3.8, 4) is 0 Å². The van der Waals surface area contributed by atoms with Crippen molar-refractivity contribution in [2.24, 2.45) is 0 Å². The number of ether oxygens (including phenoxy) is 2. The molecule has 0 heterocycles. The minimum atomic E-state index is -0.602. The average Bonchev–Trinajstić information content (AvgIpc) is 2.81. The minimum absolute atomic E-state index is 0.245. The third-order valence-corrected chi connectivity index (χ3v) is 6.45. The predicted octanol–water partition coefficient (Wildman–Crippen LogP) is 7.63. The van der Waals surface area contributed by atoms with Crippen molar-refractivity contribution in [3.05, 3.63) is 24.3 Å². The molecule has 198 valence electrons. The number of hydrogen-bond donors (Lipinski definition) is 2. The second-order valence-electron chi connectivity index (χ2n) is 10.1. The van der Waals surface area contributed by atoms with Crippen LogP contribution in [0.5, 0.6) is 0 Å². The number of unbranched alkanes of at least 4 members (excludes halogenated alkanes) is 15. The summed E-state index contributed by atoms with van der Waals surface area (Å²) in [4.78, 5) is 12.3. The number of carbonyl (C=O) groups is 1. The van der Waals surface area contributed by atoms with Crippen LogP contribution in [0.25, 0.3) is 0 Å². The molecule has 1 rings (SSSR count). The van der Waals surface area contributed by atoms with Gasteiger partial charge in [-0.3, -0.25) is 0 Å². The second-order valence-corrected chi connectivity index (χ2v) is 10.1. The topological polar surface area (TPSA) is 67.8 Å². The summed E-state index contributed by atoms with van der Waals surface area (Å²) in [6, 6.07) is 0. The van der Waals surface area contributed by atoms with Gasteiger partial charge in [-0.2, -0.15) is 0 Å². The summed E-state index contributed by atoms with van der Waals surface area (Å²) < 4.78 is 11.0.